The minimum atomic E-state index is -0.565. The number of carbonyl (C=O) groups excluding carboxylic acids is 2. The fraction of sp³-hybridized carbons (Fsp3) is 0.150. The maximum atomic E-state index is 13.5. The number of nitrogens with one attached hydrogen (secondary N) is 2. The number of para-hydroxylation sites is 1. The molecule has 2 aromatic carbocycles. The molecule has 0 atom stereocenters. The van der Waals surface area contributed by atoms with E-state index in [1.54, 1.807) is 18.2 Å². The second kappa shape index (κ2) is 7.82. The first kappa shape index (κ1) is 17.7. The molecule has 5 nitrogen and oxygen atoms in total. The smallest absolute Gasteiger partial charge is 0.265 e. The number of aromatic nitrogens is 1. The number of benzene rings is 2. The van der Waals surface area contributed by atoms with Gasteiger partial charge < -0.3 is 16.0 Å². The van der Waals surface area contributed by atoms with E-state index < -0.39 is 5.91 Å². The third-order valence-electron chi connectivity index (χ3n) is 4.20. The van der Waals surface area contributed by atoms with Crippen molar-refractivity contribution in [3.8, 4) is 0 Å². The van der Waals surface area contributed by atoms with Gasteiger partial charge in [-0.05, 0) is 36.1 Å². The lowest BCUT2D eigenvalue weighted by Gasteiger charge is -2.06. The maximum absolute atomic E-state index is 13.5. The molecule has 0 unspecified atom stereocenters. The van der Waals surface area contributed by atoms with Gasteiger partial charge in [0.1, 0.15) is 11.5 Å². The van der Waals surface area contributed by atoms with Gasteiger partial charge in [0.05, 0.1) is 6.42 Å². The molecule has 0 bridgehead atoms. The molecule has 1 heterocycles. The van der Waals surface area contributed by atoms with Crippen molar-refractivity contribution in [2.24, 2.45) is 5.73 Å². The van der Waals surface area contributed by atoms with Crippen LogP contribution in [0.3, 0.4) is 0 Å². The molecule has 3 aromatic rings. The molecular weight excluding hydrogens is 333 g/mol. The number of H-pyrrole nitrogens is 1. The van der Waals surface area contributed by atoms with Crippen LogP contribution in [0.2, 0.25) is 0 Å². The van der Waals surface area contributed by atoms with Crippen LogP contribution in [0.5, 0.6) is 0 Å². The number of hydrogen-bond acceptors (Lipinski definition) is 2. The van der Waals surface area contributed by atoms with Crippen molar-refractivity contribution < 1.29 is 14.0 Å². The summed E-state index contributed by atoms with van der Waals surface area (Å²) in [7, 11) is 0. The molecule has 1 radical (unpaired) electrons. The lowest BCUT2D eigenvalue weighted by atomic mass is 10.0. The Labute approximate surface area is 150 Å². The third kappa shape index (κ3) is 3.91. The Kier molecular flexibility index (Phi) is 5.31. The van der Waals surface area contributed by atoms with Crippen LogP contribution in [0.4, 0.5) is 4.39 Å². The van der Waals surface area contributed by atoms with Crippen LogP contribution < -0.4 is 11.1 Å². The Morgan fingerprint density at radius 1 is 1.12 bits per heavy atom. The molecule has 0 saturated carbocycles. The SMILES string of the molecule is NC(=O)c1[nH]c2ccccc2c1C[CH]C(=O)NCCc1ccccc1F. The number of halogens is 1. The number of rotatable bonds is 7. The maximum Gasteiger partial charge on any atom is 0.265 e. The van der Waals surface area contributed by atoms with E-state index in [-0.39, 0.29) is 18.1 Å². The van der Waals surface area contributed by atoms with E-state index in [4.69, 9.17) is 5.73 Å². The van der Waals surface area contributed by atoms with Crippen molar-refractivity contribution in [1.29, 1.82) is 0 Å². The highest BCUT2D eigenvalue weighted by Crippen LogP contribution is 2.23. The number of fused-ring (bicyclic) bond motifs is 1. The summed E-state index contributed by atoms with van der Waals surface area (Å²) >= 11 is 0. The second-order valence-electron chi connectivity index (χ2n) is 5.93. The Balaban J connectivity index is 1.59. The Morgan fingerprint density at radius 2 is 1.85 bits per heavy atom. The minimum absolute atomic E-state index is 0.272. The zero-order valence-corrected chi connectivity index (χ0v) is 14.1. The minimum Gasteiger partial charge on any atom is -0.364 e. The number of nitrogens with two attached hydrogens (primary N) is 1. The van der Waals surface area contributed by atoms with Gasteiger partial charge in [-0.2, -0.15) is 0 Å². The molecule has 0 aliphatic carbocycles. The summed E-state index contributed by atoms with van der Waals surface area (Å²) in [4.78, 5) is 26.7. The summed E-state index contributed by atoms with van der Waals surface area (Å²) < 4.78 is 13.5. The monoisotopic (exact) mass is 352 g/mol. The summed E-state index contributed by atoms with van der Waals surface area (Å²) in [5, 5.41) is 3.59. The van der Waals surface area contributed by atoms with Crippen molar-refractivity contribution in [2.45, 2.75) is 12.8 Å². The molecular formula is C20H19FN3O2. The highest BCUT2D eigenvalue weighted by atomic mass is 19.1. The number of aromatic amines is 1. The predicted octanol–water partition coefficient (Wildman–Crippen LogP) is 2.51. The quantitative estimate of drug-likeness (QED) is 0.610. The summed E-state index contributed by atoms with van der Waals surface area (Å²) in [6, 6.07) is 13.9. The largest absolute Gasteiger partial charge is 0.364 e. The molecule has 26 heavy (non-hydrogen) atoms. The van der Waals surface area contributed by atoms with Crippen LogP contribution in [0.1, 0.15) is 21.6 Å². The average molecular weight is 352 g/mol. The topological polar surface area (TPSA) is 88.0 Å². The van der Waals surface area contributed by atoms with Gasteiger partial charge >= 0.3 is 0 Å². The predicted molar refractivity (Wildman–Crippen MR) is 97.9 cm³/mol. The first-order valence-corrected chi connectivity index (χ1v) is 8.30. The van der Waals surface area contributed by atoms with Gasteiger partial charge in [-0.25, -0.2) is 4.39 Å². The Hall–Kier alpha value is -3.15. The number of primary amides is 1. The molecule has 0 spiro atoms. The van der Waals surface area contributed by atoms with Crippen LogP contribution in [0.25, 0.3) is 10.9 Å². The Bertz CT molecular complexity index is 949. The van der Waals surface area contributed by atoms with Gasteiger partial charge in [0.15, 0.2) is 0 Å². The van der Waals surface area contributed by atoms with Crippen LogP contribution in [0, 0.1) is 12.2 Å². The van der Waals surface area contributed by atoms with Gasteiger partial charge in [-0.3, -0.25) is 9.59 Å². The molecule has 0 fully saturated rings. The van der Waals surface area contributed by atoms with Crippen molar-refractivity contribution in [2.75, 3.05) is 6.54 Å². The van der Waals surface area contributed by atoms with Gasteiger partial charge in [-0.1, -0.05) is 36.4 Å². The van der Waals surface area contributed by atoms with E-state index in [0.717, 1.165) is 10.9 Å². The summed E-state index contributed by atoms with van der Waals surface area (Å²) in [6.45, 7) is 0.326. The van der Waals surface area contributed by atoms with Gasteiger partial charge in [-0.15, -0.1) is 0 Å². The average Bonchev–Trinajstić information content (AvgIpc) is 3.00. The van der Waals surface area contributed by atoms with Crippen LogP contribution >= 0.6 is 0 Å². The van der Waals surface area contributed by atoms with Crippen molar-refractivity contribution in [3.05, 3.63) is 77.6 Å². The summed E-state index contributed by atoms with van der Waals surface area (Å²) in [6.07, 6.45) is 2.14. The molecule has 0 aliphatic rings. The van der Waals surface area contributed by atoms with Crippen molar-refractivity contribution in [1.82, 2.24) is 10.3 Å². The van der Waals surface area contributed by atoms with Gasteiger partial charge in [0, 0.05) is 17.4 Å². The van der Waals surface area contributed by atoms with Crippen LogP contribution in [-0.2, 0) is 17.6 Å². The highest BCUT2D eigenvalue weighted by Gasteiger charge is 2.16. The van der Waals surface area contributed by atoms with Crippen LogP contribution in [-0.4, -0.2) is 23.3 Å². The molecule has 0 aliphatic heterocycles. The van der Waals surface area contributed by atoms with E-state index in [0.29, 0.717) is 29.8 Å². The lowest BCUT2D eigenvalue weighted by Crippen LogP contribution is -2.26. The standard InChI is InChI=1S/C20H19FN3O2/c21-16-7-3-1-5-13(16)11-12-23-18(25)10-9-15-14-6-2-4-8-17(14)24-19(15)20(22)26/h1-8,10,24H,9,11-12H2,(H2,22,26)(H,23,25). The summed E-state index contributed by atoms with van der Waals surface area (Å²) in [5.41, 5.74) is 7.77. The first-order chi connectivity index (χ1) is 12.6. The molecule has 0 saturated heterocycles. The van der Waals surface area contributed by atoms with E-state index in [1.165, 1.54) is 12.5 Å². The van der Waals surface area contributed by atoms with Crippen molar-refractivity contribution in [3.63, 3.8) is 0 Å². The van der Waals surface area contributed by atoms with E-state index in [2.05, 4.69) is 10.3 Å². The van der Waals surface area contributed by atoms with E-state index in [9.17, 15) is 14.0 Å². The fourth-order valence-electron chi connectivity index (χ4n) is 2.91. The molecule has 4 N–H and O–H groups in total. The highest BCUT2D eigenvalue weighted by molar-refractivity contribution is 6.00. The molecule has 6 heteroatoms. The number of amides is 2. The second-order valence-corrected chi connectivity index (χ2v) is 5.93. The fourth-order valence-corrected chi connectivity index (χ4v) is 2.91. The molecule has 3 rings (SSSR count). The van der Waals surface area contributed by atoms with Gasteiger partial charge in [0.2, 0.25) is 5.91 Å². The van der Waals surface area contributed by atoms with E-state index in [1.807, 2.05) is 24.3 Å². The van der Waals surface area contributed by atoms with Crippen molar-refractivity contribution >= 4 is 22.7 Å². The number of carbonyl (C=O) groups is 2. The Morgan fingerprint density at radius 3 is 2.62 bits per heavy atom. The number of hydrogen-bond donors (Lipinski definition) is 3. The molecule has 2 amide bonds. The van der Waals surface area contributed by atoms with Gasteiger partial charge in [0.25, 0.3) is 5.91 Å². The molecule has 133 valence electrons. The lowest BCUT2D eigenvalue weighted by molar-refractivity contribution is -0.117. The first-order valence-electron chi connectivity index (χ1n) is 8.30. The zero-order chi connectivity index (χ0) is 18.5. The summed E-state index contributed by atoms with van der Waals surface area (Å²) in [5.74, 6) is -1.12. The van der Waals surface area contributed by atoms with E-state index >= 15 is 0 Å². The van der Waals surface area contributed by atoms with Crippen LogP contribution in [0.15, 0.2) is 48.5 Å². The zero-order valence-electron chi connectivity index (χ0n) is 14.1. The molecule has 1 aromatic heterocycles. The normalized spacial score (nSPS) is 10.8. The third-order valence-corrected chi connectivity index (χ3v) is 4.20.